The van der Waals surface area contributed by atoms with Gasteiger partial charge in [0, 0.05) is 30.1 Å². The number of rotatable bonds is 6. The highest BCUT2D eigenvalue weighted by atomic mass is 32.1. The van der Waals surface area contributed by atoms with Crippen LogP contribution in [0, 0.1) is 5.41 Å². The van der Waals surface area contributed by atoms with E-state index < -0.39 is 0 Å². The number of nitrogens with zero attached hydrogens (tertiary/aromatic N) is 1. The van der Waals surface area contributed by atoms with Gasteiger partial charge in [-0.25, -0.2) is 0 Å². The summed E-state index contributed by atoms with van der Waals surface area (Å²) in [6.07, 6.45) is 3.89. The summed E-state index contributed by atoms with van der Waals surface area (Å²) in [6.45, 7) is 8.79. The second-order valence-electron chi connectivity index (χ2n) is 6.64. The van der Waals surface area contributed by atoms with E-state index in [2.05, 4.69) is 43.2 Å². The van der Waals surface area contributed by atoms with Gasteiger partial charge in [0.05, 0.1) is 0 Å². The van der Waals surface area contributed by atoms with Crippen LogP contribution in [0.5, 0.6) is 0 Å². The number of hydrogen-bond donors (Lipinski definition) is 1. The summed E-state index contributed by atoms with van der Waals surface area (Å²) < 4.78 is 0. The number of thiophene rings is 1. The normalized spacial score (nSPS) is 18.3. The lowest BCUT2D eigenvalue weighted by Crippen LogP contribution is -2.43. The highest BCUT2D eigenvalue weighted by Crippen LogP contribution is 2.34. The van der Waals surface area contributed by atoms with Gasteiger partial charge in [0.2, 0.25) is 0 Å². The van der Waals surface area contributed by atoms with Crippen molar-refractivity contribution < 1.29 is 0 Å². The van der Waals surface area contributed by atoms with E-state index in [1.165, 1.54) is 24.1 Å². The zero-order valence-corrected chi connectivity index (χ0v) is 12.7. The van der Waals surface area contributed by atoms with Gasteiger partial charge < -0.3 is 5.73 Å². The maximum atomic E-state index is 6.04. The van der Waals surface area contributed by atoms with E-state index in [4.69, 9.17) is 5.73 Å². The van der Waals surface area contributed by atoms with Crippen molar-refractivity contribution in [2.45, 2.75) is 58.7 Å². The minimum atomic E-state index is 0.354. The molecule has 0 radical (unpaired) electrons. The Hall–Kier alpha value is -0.380. The monoisotopic (exact) mass is 266 g/mol. The van der Waals surface area contributed by atoms with Gasteiger partial charge in [0.1, 0.15) is 0 Å². The fourth-order valence-corrected chi connectivity index (χ4v) is 3.30. The SMILES string of the molecule is CC(C)(C)CC(CN)N(Cc1cccs1)C1CC1. The van der Waals surface area contributed by atoms with Gasteiger partial charge in [-0.05, 0) is 36.1 Å². The highest BCUT2D eigenvalue weighted by molar-refractivity contribution is 7.09. The van der Waals surface area contributed by atoms with E-state index in [1.807, 2.05) is 11.3 Å². The Kier molecular flexibility index (Phi) is 4.46. The van der Waals surface area contributed by atoms with Crippen molar-refractivity contribution in [3.63, 3.8) is 0 Å². The standard InChI is InChI=1S/C15H26N2S/c1-15(2,3)9-13(10-16)17(12-6-7-12)11-14-5-4-8-18-14/h4-5,8,12-13H,6-7,9-11,16H2,1-3H3. The molecule has 102 valence electrons. The third-order valence-corrected chi connectivity index (χ3v) is 4.38. The summed E-state index contributed by atoms with van der Waals surface area (Å²) in [5.41, 5.74) is 6.39. The van der Waals surface area contributed by atoms with E-state index in [0.717, 1.165) is 19.1 Å². The molecule has 0 aliphatic heterocycles. The summed E-state index contributed by atoms with van der Waals surface area (Å²) in [7, 11) is 0. The van der Waals surface area contributed by atoms with E-state index >= 15 is 0 Å². The Morgan fingerprint density at radius 3 is 2.61 bits per heavy atom. The fraction of sp³-hybridized carbons (Fsp3) is 0.733. The van der Waals surface area contributed by atoms with E-state index in [1.54, 1.807) is 0 Å². The average Bonchev–Trinajstić information content (AvgIpc) is 3.00. The van der Waals surface area contributed by atoms with Crippen molar-refractivity contribution in [2.24, 2.45) is 11.1 Å². The van der Waals surface area contributed by atoms with E-state index in [-0.39, 0.29) is 0 Å². The van der Waals surface area contributed by atoms with Crippen LogP contribution in [0.25, 0.3) is 0 Å². The smallest absolute Gasteiger partial charge is 0.0334 e. The van der Waals surface area contributed by atoms with E-state index in [0.29, 0.717) is 11.5 Å². The first-order valence-electron chi connectivity index (χ1n) is 6.98. The van der Waals surface area contributed by atoms with Crippen LogP contribution in [0.3, 0.4) is 0 Å². The Labute approximate surface area is 115 Å². The molecule has 1 aromatic heterocycles. The molecule has 1 saturated carbocycles. The van der Waals surface area contributed by atoms with Gasteiger partial charge >= 0.3 is 0 Å². The molecule has 1 fully saturated rings. The fourth-order valence-electron chi connectivity index (χ4n) is 2.59. The zero-order valence-electron chi connectivity index (χ0n) is 11.9. The minimum Gasteiger partial charge on any atom is -0.329 e. The maximum absolute atomic E-state index is 6.04. The first kappa shape index (κ1) is 14.0. The molecule has 0 bridgehead atoms. The van der Waals surface area contributed by atoms with Crippen molar-refractivity contribution >= 4 is 11.3 Å². The molecule has 3 heteroatoms. The predicted octanol–water partition coefficient (Wildman–Crippen LogP) is 3.48. The topological polar surface area (TPSA) is 29.3 Å². The molecule has 2 N–H and O–H groups in total. The number of hydrogen-bond acceptors (Lipinski definition) is 3. The van der Waals surface area contributed by atoms with Gasteiger partial charge in [-0.2, -0.15) is 0 Å². The lowest BCUT2D eigenvalue weighted by molar-refractivity contribution is 0.138. The Morgan fingerprint density at radius 2 is 2.17 bits per heavy atom. The molecule has 0 spiro atoms. The van der Waals surface area contributed by atoms with Crippen molar-refractivity contribution in [1.29, 1.82) is 0 Å². The Balaban J connectivity index is 2.03. The van der Waals surface area contributed by atoms with Crippen molar-refractivity contribution in [3.8, 4) is 0 Å². The van der Waals surface area contributed by atoms with Crippen LogP contribution in [0.2, 0.25) is 0 Å². The molecule has 0 amide bonds. The molecule has 0 saturated heterocycles. The van der Waals surface area contributed by atoms with Crippen LogP contribution in [0.1, 0.15) is 44.9 Å². The van der Waals surface area contributed by atoms with Crippen LogP contribution >= 0.6 is 11.3 Å². The Morgan fingerprint density at radius 1 is 1.44 bits per heavy atom. The summed E-state index contributed by atoms with van der Waals surface area (Å²) >= 11 is 1.86. The van der Waals surface area contributed by atoms with Gasteiger partial charge in [0.15, 0.2) is 0 Å². The molecule has 1 heterocycles. The zero-order chi connectivity index (χ0) is 13.2. The van der Waals surface area contributed by atoms with E-state index in [9.17, 15) is 0 Å². The lowest BCUT2D eigenvalue weighted by atomic mass is 9.87. The molecule has 1 unspecified atom stereocenters. The first-order chi connectivity index (χ1) is 8.49. The molecule has 18 heavy (non-hydrogen) atoms. The molecular formula is C15H26N2S. The third kappa shape index (κ3) is 4.08. The Bertz CT molecular complexity index is 349. The minimum absolute atomic E-state index is 0.354. The largest absolute Gasteiger partial charge is 0.329 e. The van der Waals surface area contributed by atoms with Crippen molar-refractivity contribution in [1.82, 2.24) is 4.90 Å². The maximum Gasteiger partial charge on any atom is 0.0334 e. The van der Waals surface area contributed by atoms with Crippen LogP contribution in [-0.2, 0) is 6.54 Å². The average molecular weight is 266 g/mol. The van der Waals surface area contributed by atoms with Gasteiger partial charge in [-0.1, -0.05) is 26.8 Å². The molecular weight excluding hydrogens is 240 g/mol. The molecule has 1 atom stereocenters. The lowest BCUT2D eigenvalue weighted by Gasteiger charge is -2.35. The van der Waals surface area contributed by atoms with Gasteiger partial charge in [-0.15, -0.1) is 11.3 Å². The second kappa shape index (κ2) is 5.72. The molecule has 1 aliphatic carbocycles. The molecule has 2 rings (SSSR count). The van der Waals surface area contributed by atoms with Gasteiger partial charge in [-0.3, -0.25) is 4.90 Å². The van der Waals surface area contributed by atoms with Crippen molar-refractivity contribution in [2.75, 3.05) is 6.54 Å². The quantitative estimate of drug-likeness (QED) is 0.854. The summed E-state index contributed by atoms with van der Waals surface area (Å²) in [4.78, 5) is 4.12. The van der Waals surface area contributed by atoms with Crippen LogP contribution in [0.4, 0.5) is 0 Å². The molecule has 1 aromatic rings. The first-order valence-corrected chi connectivity index (χ1v) is 7.86. The molecule has 1 aliphatic rings. The third-order valence-electron chi connectivity index (χ3n) is 3.52. The predicted molar refractivity (Wildman–Crippen MR) is 79.8 cm³/mol. The number of nitrogens with two attached hydrogens (primary N) is 1. The summed E-state index contributed by atoms with van der Waals surface area (Å²) in [5.74, 6) is 0. The summed E-state index contributed by atoms with van der Waals surface area (Å²) in [6, 6.07) is 5.69. The van der Waals surface area contributed by atoms with Crippen LogP contribution < -0.4 is 5.73 Å². The molecule has 0 aromatic carbocycles. The summed E-state index contributed by atoms with van der Waals surface area (Å²) in [5, 5.41) is 2.17. The molecule has 2 nitrogen and oxygen atoms in total. The van der Waals surface area contributed by atoms with Crippen LogP contribution in [-0.4, -0.2) is 23.5 Å². The van der Waals surface area contributed by atoms with Crippen LogP contribution in [0.15, 0.2) is 17.5 Å². The van der Waals surface area contributed by atoms with Crippen molar-refractivity contribution in [3.05, 3.63) is 22.4 Å². The second-order valence-corrected chi connectivity index (χ2v) is 7.67. The van der Waals surface area contributed by atoms with Gasteiger partial charge in [0.25, 0.3) is 0 Å². The highest BCUT2D eigenvalue weighted by Gasteiger charge is 2.35.